The fourth-order valence-electron chi connectivity index (χ4n) is 3.41. The van der Waals surface area contributed by atoms with Crippen LogP contribution in [-0.4, -0.2) is 67.1 Å². The number of sulfonamides is 1. The topological polar surface area (TPSA) is 99.7 Å². The van der Waals surface area contributed by atoms with Gasteiger partial charge in [0.15, 0.2) is 0 Å². The highest BCUT2D eigenvalue weighted by atomic mass is 35.5. The number of carbonyl (C=O) groups is 2. The van der Waals surface area contributed by atoms with E-state index in [1.54, 1.807) is 41.1 Å². The van der Waals surface area contributed by atoms with Crippen molar-refractivity contribution >= 4 is 66.2 Å². The minimum atomic E-state index is -3.81. The normalized spacial score (nSPS) is 15.4. The lowest BCUT2D eigenvalue weighted by atomic mass is 10.3. The van der Waals surface area contributed by atoms with Crippen LogP contribution in [0.25, 0.3) is 10.1 Å². The Hall–Kier alpha value is -2.05. The van der Waals surface area contributed by atoms with E-state index in [-0.39, 0.29) is 36.3 Å². The summed E-state index contributed by atoms with van der Waals surface area (Å²) in [4.78, 5) is 31.5. The van der Waals surface area contributed by atoms with Crippen LogP contribution in [0.3, 0.4) is 0 Å². The Bertz CT molecular complexity index is 1270. The number of nitrogens with zero attached hydrogens (tertiary/aromatic N) is 3. The van der Waals surface area contributed by atoms with Crippen molar-refractivity contribution in [3.05, 3.63) is 45.4 Å². The summed E-state index contributed by atoms with van der Waals surface area (Å²) in [5.74, 6) is -0.657. The van der Waals surface area contributed by atoms with Gasteiger partial charge in [-0.15, -0.1) is 22.7 Å². The molecule has 0 saturated carbocycles. The van der Waals surface area contributed by atoms with Crippen LogP contribution < -0.4 is 5.32 Å². The Kier molecular flexibility index (Phi) is 6.82. The molecule has 0 atom stereocenters. The van der Waals surface area contributed by atoms with Crippen molar-refractivity contribution in [2.24, 2.45) is 0 Å². The molecule has 4 rings (SSSR count). The van der Waals surface area contributed by atoms with E-state index >= 15 is 0 Å². The highest BCUT2D eigenvalue weighted by Crippen LogP contribution is 2.33. The van der Waals surface area contributed by atoms with Crippen LogP contribution in [-0.2, 0) is 26.0 Å². The van der Waals surface area contributed by atoms with E-state index in [0.717, 1.165) is 32.0 Å². The molecule has 2 aromatic heterocycles. The second kappa shape index (κ2) is 9.44. The Labute approximate surface area is 198 Å². The first-order chi connectivity index (χ1) is 15.2. The number of piperazine rings is 1. The van der Waals surface area contributed by atoms with Crippen molar-refractivity contribution in [2.45, 2.75) is 17.6 Å². The molecule has 1 saturated heterocycles. The lowest BCUT2D eigenvalue weighted by Crippen LogP contribution is -2.54. The zero-order valence-corrected chi connectivity index (χ0v) is 20.4. The molecule has 0 aliphatic carbocycles. The number of fused-ring (bicyclic) bond motifs is 1. The smallest absolute Gasteiger partial charge is 0.253 e. The lowest BCUT2D eigenvalue weighted by molar-refractivity contribution is -0.138. The van der Waals surface area contributed by atoms with Crippen LogP contribution in [0.4, 0.5) is 0 Å². The SMILES string of the molecule is Cc1ncsc1CCNC(=O)CN1CCN(S(=O)(=O)c2cc3ccc(Cl)cc3s2)CC1=O. The number of aromatic nitrogens is 1. The molecule has 32 heavy (non-hydrogen) atoms. The number of aryl methyl sites for hydroxylation is 1. The number of rotatable bonds is 7. The van der Waals surface area contributed by atoms with E-state index in [1.165, 1.54) is 9.21 Å². The van der Waals surface area contributed by atoms with Gasteiger partial charge in [0.05, 0.1) is 24.3 Å². The van der Waals surface area contributed by atoms with Crippen LogP contribution in [0.15, 0.2) is 34.0 Å². The summed E-state index contributed by atoms with van der Waals surface area (Å²) in [6.45, 7) is 2.31. The third kappa shape index (κ3) is 4.96. The molecule has 0 spiro atoms. The van der Waals surface area contributed by atoms with Crippen LogP contribution in [0, 0.1) is 6.92 Å². The number of halogens is 1. The standard InChI is InChI=1S/C20H21ClN4O4S3/c1-13-16(30-12-23-13)4-5-22-18(26)10-24-6-7-25(11-19(24)27)32(28,29)20-8-14-2-3-15(21)9-17(14)31-20/h2-3,8-9,12H,4-7,10-11H2,1H3,(H,22,26). The van der Waals surface area contributed by atoms with Gasteiger partial charge >= 0.3 is 0 Å². The molecule has 12 heteroatoms. The average molecular weight is 513 g/mol. The summed E-state index contributed by atoms with van der Waals surface area (Å²) in [7, 11) is -3.81. The van der Waals surface area contributed by atoms with Crippen molar-refractivity contribution in [2.75, 3.05) is 32.7 Å². The predicted octanol–water partition coefficient (Wildman–Crippen LogP) is 2.51. The van der Waals surface area contributed by atoms with Crippen molar-refractivity contribution in [1.82, 2.24) is 19.5 Å². The van der Waals surface area contributed by atoms with Crippen molar-refractivity contribution in [3.63, 3.8) is 0 Å². The summed E-state index contributed by atoms with van der Waals surface area (Å²) < 4.78 is 28.2. The second-order valence-electron chi connectivity index (χ2n) is 7.36. The van der Waals surface area contributed by atoms with Gasteiger partial charge in [-0.25, -0.2) is 13.4 Å². The first-order valence-corrected chi connectivity index (χ1v) is 13.4. The average Bonchev–Trinajstić information content (AvgIpc) is 3.35. The minimum Gasteiger partial charge on any atom is -0.354 e. The first kappa shape index (κ1) is 23.1. The number of hydrogen-bond donors (Lipinski definition) is 1. The maximum atomic E-state index is 13.0. The molecule has 3 heterocycles. The predicted molar refractivity (Wildman–Crippen MR) is 126 cm³/mol. The van der Waals surface area contributed by atoms with E-state index in [1.807, 2.05) is 6.92 Å². The Morgan fingerprint density at radius 3 is 2.81 bits per heavy atom. The Balaban J connectivity index is 1.33. The highest BCUT2D eigenvalue weighted by Gasteiger charge is 2.34. The lowest BCUT2D eigenvalue weighted by Gasteiger charge is -2.32. The maximum absolute atomic E-state index is 13.0. The van der Waals surface area contributed by atoms with Gasteiger partial charge in [-0.2, -0.15) is 4.31 Å². The fourth-order valence-corrected chi connectivity index (χ4v) is 7.40. The number of benzene rings is 1. The summed E-state index contributed by atoms with van der Waals surface area (Å²) >= 11 is 8.67. The number of hydrogen-bond acceptors (Lipinski definition) is 7. The molecular weight excluding hydrogens is 492 g/mol. The van der Waals surface area contributed by atoms with Gasteiger partial charge in [0, 0.05) is 40.7 Å². The van der Waals surface area contributed by atoms with Crippen molar-refractivity contribution in [3.8, 4) is 0 Å². The van der Waals surface area contributed by atoms with Gasteiger partial charge in [-0.05, 0) is 30.5 Å². The molecule has 170 valence electrons. The quantitative estimate of drug-likeness (QED) is 0.524. The largest absolute Gasteiger partial charge is 0.354 e. The molecule has 1 fully saturated rings. The molecule has 3 aromatic rings. The molecule has 1 aliphatic heterocycles. The number of carbonyl (C=O) groups excluding carboxylic acids is 2. The third-order valence-corrected chi connectivity index (χ3v) is 9.81. The van der Waals surface area contributed by atoms with E-state index in [9.17, 15) is 18.0 Å². The summed E-state index contributed by atoms with van der Waals surface area (Å²) in [5.41, 5.74) is 2.73. The van der Waals surface area contributed by atoms with E-state index < -0.39 is 15.9 Å². The van der Waals surface area contributed by atoms with Crippen LogP contribution >= 0.6 is 34.3 Å². The van der Waals surface area contributed by atoms with Gasteiger partial charge in [-0.3, -0.25) is 9.59 Å². The molecule has 1 N–H and O–H groups in total. The summed E-state index contributed by atoms with van der Waals surface area (Å²) in [5, 5.41) is 4.13. The molecular formula is C20H21ClN4O4S3. The van der Waals surface area contributed by atoms with Gasteiger partial charge in [0.2, 0.25) is 11.8 Å². The molecule has 0 radical (unpaired) electrons. The molecule has 0 bridgehead atoms. The summed E-state index contributed by atoms with van der Waals surface area (Å²) in [6, 6.07) is 6.79. The van der Waals surface area contributed by atoms with Gasteiger partial charge in [0.25, 0.3) is 10.0 Å². The number of amides is 2. The number of thiophene rings is 1. The van der Waals surface area contributed by atoms with E-state index in [0.29, 0.717) is 18.0 Å². The minimum absolute atomic E-state index is 0.0875. The van der Waals surface area contributed by atoms with Gasteiger partial charge < -0.3 is 10.2 Å². The molecule has 1 aromatic carbocycles. The zero-order valence-electron chi connectivity index (χ0n) is 17.2. The molecule has 8 nitrogen and oxygen atoms in total. The highest BCUT2D eigenvalue weighted by molar-refractivity contribution is 7.91. The van der Waals surface area contributed by atoms with Gasteiger partial charge in [-0.1, -0.05) is 17.7 Å². The monoisotopic (exact) mass is 512 g/mol. The third-order valence-electron chi connectivity index (χ3n) is 5.19. The first-order valence-electron chi connectivity index (χ1n) is 9.87. The zero-order chi connectivity index (χ0) is 22.9. The van der Waals surface area contributed by atoms with Crippen molar-refractivity contribution < 1.29 is 18.0 Å². The molecule has 2 amide bonds. The number of thiazole rings is 1. The van der Waals surface area contributed by atoms with Crippen molar-refractivity contribution in [1.29, 1.82) is 0 Å². The summed E-state index contributed by atoms with van der Waals surface area (Å²) in [6.07, 6.45) is 0.683. The van der Waals surface area contributed by atoms with Crippen LogP contribution in [0.2, 0.25) is 5.02 Å². The number of nitrogens with one attached hydrogen (secondary N) is 1. The maximum Gasteiger partial charge on any atom is 0.253 e. The second-order valence-corrected chi connectivity index (χ2v) is 12.0. The van der Waals surface area contributed by atoms with E-state index in [2.05, 4.69) is 10.3 Å². The fraction of sp³-hybridized carbons (Fsp3) is 0.350. The van der Waals surface area contributed by atoms with Gasteiger partial charge in [0.1, 0.15) is 4.21 Å². The van der Waals surface area contributed by atoms with Crippen LogP contribution in [0.1, 0.15) is 10.6 Å². The molecule has 0 unspecified atom stereocenters. The van der Waals surface area contributed by atoms with Crippen LogP contribution in [0.5, 0.6) is 0 Å². The molecule has 1 aliphatic rings. The Morgan fingerprint density at radius 1 is 1.28 bits per heavy atom. The Morgan fingerprint density at radius 2 is 2.09 bits per heavy atom. The van der Waals surface area contributed by atoms with E-state index in [4.69, 9.17) is 11.6 Å².